The summed E-state index contributed by atoms with van der Waals surface area (Å²) in [6.07, 6.45) is 5.00. The molecule has 0 amide bonds. The summed E-state index contributed by atoms with van der Waals surface area (Å²) in [7, 11) is -3.10. The maximum Gasteiger partial charge on any atom is 0.175 e. The molecule has 0 aromatic heterocycles. The molecule has 3 rings (SSSR count). The molecule has 2 atom stereocenters. The van der Waals surface area contributed by atoms with Gasteiger partial charge >= 0.3 is 0 Å². The van der Waals surface area contributed by atoms with E-state index >= 15 is 0 Å². The summed E-state index contributed by atoms with van der Waals surface area (Å²) in [5, 5.41) is 3.55. The molecule has 0 aliphatic carbocycles. The second-order valence-electron chi connectivity index (χ2n) is 5.58. The summed E-state index contributed by atoms with van der Waals surface area (Å²) in [5.74, 6) is 0. The summed E-state index contributed by atoms with van der Waals surface area (Å²) in [5.41, 5.74) is 1.02. The van der Waals surface area contributed by atoms with Crippen LogP contribution in [-0.2, 0) is 9.84 Å². The summed E-state index contributed by atoms with van der Waals surface area (Å²) < 4.78 is 22.8. The number of sulfone groups is 1. The van der Waals surface area contributed by atoms with Crippen LogP contribution in [0.5, 0.6) is 0 Å². The fraction of sp³-hybridized carbons (Fsp3) is 0.571. The van der Waals surface area contributed by atoms with Crippen LogP contribution < -0.4 is 5.32 Å². The number of hydrogen-bond donors (Lipinski definition) is 1. The van der Waals surface area contributed by atoms with Crippen molar-refractivity contribution >= 4 is 15.5 Å². The Hall–Kier alpha value is -1.07. The Morgan fingerprint density at radius 3 is 2.58 bits per heavy atom. The molecular formula is C14H20N2O2S. The molecule has 2 unspecified atom stereocenters. The average molecular weight is 280 g/mol. The molecular weight excluding hydrogens is 260 g/mol. The molecule has 2 saturated heterocycles. The second-order valence-corrected chi connectivity index (χ2v) is 7.60. The molecule has 2 fully saturated rings. The third-order valence-corrected chi connectivity index (χ3v) is 5.37. The smallest absolute Gasteiger partial charge is 0.175 e. The summed E-state index contributed by atoms with van der Waals surface area (Å²) in [6, 6.07) is 8.27. The highest BCUT2D eigenvalue weighted by molar-refractivity contribution is 7.90. The number of fused-ring (bicyclic) bond motifs is 1. The molecule has 2 heterocycles. The standard InChI is InChI=1S/C14H20N2O2S/c1-19(17,18)12-6-4-11(5-7-12)15-13-8-10-16-9-2-3-14(13)16/h4-7,13-15H,2-3,8-10H2,1H3. The van der Waals surface area contributed by atoms with Crippen molar-refractivity contribution in [1.29, 1.82) is 0 Å². The van der Waals surface area contributed by atoms with Crippen molar-refractivity contribution < 1.29 is 8.42 Å². The van der Waals surface area contributed by atoms with Crippen molar-refractivity contribution in [3.8, 4) is 0 Å². The third-order valence-electron chi connectivity index (χ3n) is 4.24. The van der Waals surface area contributed by atoms with Gasteiger partial charge in [0.25, 0.3) is 0 Å². The third kappa shape index (κ3) is 2.62. The quantitative estimate of drug-likeness (QED) is 0.916. The molecule has 104 valence electrons. The van der Waals surface area contributed by atoms with E-state index in [2.05, 4.69) is 10.2 Å². The Balaban J connectivity index is 1.70. The minimum atomic E-state index is -3.10. The van der Waals surface area contributed by atoms with E-state index in [0.29, 0.717) is 17.0 Å². The van der Waals surface area contributed by atoms with E-state index in [1.807, 2.05) is 12.1 Å². The molecule has 2 aliphatic rings. The van der Waals surface area contributed by atoms with E-state index in [9.17, 15) is 8.42 Å². The fourth-order valence-electron chi connectivity index (χ4n) is 3.26. The lowest BCUT2D eigenvalue weighted by atomic mass is 10.1. The van der Waals surface area contributed by atoms with Crippen LogP contribution in [0, 0.1) is 0 Å². The van der Waals surface area contributed by atoms with Gasteiger partial charge in [0.05, 0.1) is 4.90 Å². The number of nitrogens with one attached hydrogen (secondary N) is 1. The molecule has 19 heavy (non-hydrogen) atoms. The average Bonchev–Trinajstić information content (AvgIpc) is 2.94. The first-order valence-corrected chi connectivity index (χ1v) is 8.74. The van der Waals surface area contributed by atoms with E-state index in [4.69, 9.17) is 0 Å². The van der Waals surface area contributed by atoms with Crippen LogP contribution >= 0.6 is 0 Å². The lowest BCUT2D eigenvalue weighted by molar-refractivity contribution is 0.318. The summed E-state index contributed by atoms with van der Waals surface area (Å²) in [6.45, 7) is 2.42. The minimum Gasteiger partial charge on any atom is -0.381 e. The molecule has 1 N–H and O–H groups in total. The zero-order valence-electron chi connectivity index (χ0n) is 11.2. The van der Waals surface area contributed by atoms with Crippen molar-refractivity contribution in [2.75, 3.05) is 24.7 Å². The van der Waals surface area contributed by atoms with Gasteiger partial charge in [0.1, 0.15) is 0 Å². The largest absolute Gasteiger partial charge is 0.381 e. The molecule has 0 spiro atoms. The van der Waals surface area contributed by atoms with Crippen LogP contribution in [0.4, 0.5) is 5.69 Å². The maximum absolute atomic E-state index is 11.4. The van der Waals surface area contributed by atoms with Crippen LogP contribution in [0.3, 0.4) is 0 Å². The molecule has 4 nitrogen and oxygen atoms in total. The molecule has 0 bridgehead atoms. The summed E-state index contributed by atoms with van der Waals surface area (Å²) in [4.78, 5) is 2.94. The van der Waals surface area contributed by atoms with Gasteiger partial charge in [-0.05, 0) is 50.1 Å². The predicted octanol–water partition coefficient (Wildman–Crippen LogP) is 1.74. The van der Waals surface area contributed by atoms with Crippen LogP contribution in [-0.4, -0.2) is 44.7 Å². The molecule has 1 aromatic rings. The van der Waals surface area contributed by atoms with Crippen LogP contribution in [0.15, 0.2) is 29.2 Å². The normalized spacial score (nSPS) is 27.4. The highest BCUT2D eigenvalue weighted by atomic mass is 32.2. The van der Waals surface area contributed by atoms with Crippen LogP contribution in [0.2, 0.25) is 0 Å². The van der Waals surface area contributed by atoms with Gasteiger partial charge in [-0.3, -0.25) is 4.90 Å². The van der Waals surface area contributed by atoms with Gasteiger partial charge < -0.3 is 5.32 Å². The Morgan fingerprint density at radius 1 is 1.16 bits per heavy atom. The first kappa shape index (κ1) is 12.9. The molecule has 2 aliphatic heterocycles. The van der Waals surface area contributed by atoms with Crippen molar-refractivity contribution in [3.63, 3.8) is 0 Å². The van der Waals surface area contributed by atoms with Gasteiger partial charge in [-0.1, -0.05) is 0 Å². The zero-order valence-corrected chi connectivity index (χ0v) is 12.0. The lowest BCUT2D eigenvalue weighted by Crippen LogP contribution is -2.33. The van der Waals surface area contributed by atoms with E-state index in [1.165, 1.54) is 38.6 Å². The second kappa shape index (κ2) is 4.80. The SMILES string of the molecule is CS(=O)(=O)c1ccc(NC2CCN3CCCC23)cc1. The molecule has 1 aromatic carbocycles. The van der Waals surface area contributed by atoms with E-state index in [-0.39, 0.29) is 0 Å². The first-order chi connectivity index (χ1) is 9.04. The zero-order chi connectivity index (χ0) is 13.5. The number of rotatable bonds is 3. The highest BCUT2D eigenvalue weighted by Gasteiger charge is 2.36. The lowest BCUT2D eigenvalue weighted by Gasteiger charge is -2.22. The minimum absolute atomic E-state index is 0.381. The first-order valence-electron chi connectivity index (χ1n) is 6.85. The van der Waals surface area contributed by atoms with E-state index < -0.39 is 9.84 Å². The van der Waals surface area contributed by atoms with Crippen LogP contribution in [0.25, 0.3) is 0 Å². The topological polar surface area (TPSA) is 49.4 Å². The van der Waals surface area contributed by atoms with E-state index in [0.717, 1.165) is 5.69 Å². The van der Waals surface area contributed by atoms with Gasteiger partial charge in [0.15, 0.2) is 9.84 Å². The highest BCUT2D eigenvalue weighted by Crippen LogP contribution is 2.30. The molecule has 5 heteroatoms. The number of anilines is 1. The molecule has 0 radical (unpaired) electrons. The van der Waals surface area contributed by atoms with Gasteiger partial charge in [0.2, 0.25) is 0 Å². The Kier molecular flexibility index (Phi) is 3.27. The number of nitrogens with zero attached hydrogens (tertiary/aromatic N) is 1. The van der Waals surface area contributed by atoms with Crippen molar-refractivity contribution in [3.05, 3.63) is 24.3 Å². The number of hydrogen-bond acceptors (Lipinski definition) is 4. The fourth-order valence-corrected chi connectivity index (χ4v) is 3.89. The summed E-state index contributed by atoms with van der Waals surface area (Å²) >= 11 is 0. The molecule has 0 saturated carbocycles. The van der Waals surface area contributed by atoms with Crippen molar-refractivity contribution in [1.82, 2.24) is 4.90 Å². The maximum atomic E-state index is 11.4. The Bertz CT molecular complexity index is 553. The van der Waals surface area contributed by atoms with Gasteiger partial charge in [-0.25, -0.2) is 8.42 Å². The Morgan fingerprint density at radius 2 is 1.89 bits per heavy atom. The van der Waals surface area contributed by atoms with Gasteiger partial charge in [0, 0.05) is 30.6 Å². The predicted molar refractivity (Wildman–Crippen MR) is 76.2 cm³/mol. The van der Waals surface area contributed by atoms with Crippen LogP contribution in [0.1, 0.15) is 19.3 Å². The monoisotopic (exact) mass is 280 g/mol. The van der Waals surface area contributed by atoms with Gasteiger partial charge in [-0.15, -0.1) is 0 Å². The van der Waals surface area contributed by atoms with E-state index in [1.54, 1.807) is 12.1 Å². The van der Waals surface area contributed by atoms with Crippen molar-refractivity contribution in [2.45, 2.75) is 36.2 Å². The number of benzene rings is 1. The van der Waals surface area contributed by atoms with Crippen molar-refractivity contribution in [2.24, 2.45) is 0 Å². The van der Waals surface area contributed by atoms with Gasteiger partial charge in [-0.2, -0.15) is 0 Å². The Labute approximate surface area is 114 Å².